The summed E-state index contributed by atoms with van der Waals surface area (Å²) >= 11 is 0. The maximum Gasteiger partial charge on any atom is 0.223 e. The Morgan fingerprint density at radius 3 is 2.58 bits per heavy atom. The SMILES string of the molecule is NCC(CC(=O)N1CCCCC1)c1ccccc1F. The van der Waals surface area contributed by atoms with Crippen molar-refractivity contribution in [1.29, 1.82) is 0 Å². The first kappa shape index (κ1) is 14.0. The maximum absolute atomic E-state index is 13.7. The summed E-state index contributed by atoms with van der Waals surface area (Å²) < 4.78 is 13.7. The molecule has 4 heteroatoms. The van der Waals surface area contributed by atoms with Gasteiger partial charge in [-0.15, -0.1) is 0 Å². The summed E-state index contributed by atoms with van der Waals surface area (Å²) in [5.41, 5.74) is 6.27. The summed E-state index contributed by atoms with van der Waals surface area (Å²) in [5, 5.41) is 0. The molecule has 1 amide bonds. The summed E-state index contributed by atoms with van der Waals surface area (Å²) in [5.74, 6) is -0.404. The van der Waals surface area contributed by atoms with E-state index in [0.717, 1.165) is 25.9 Å². The fourth-order valence-electron chi connectivity index (χ4n) is 2.61. The van der Waals surface area contributed by atoms with E-state index in [4.69, 9.17) is 5.73 Å². The van der Waals surface area contributed by atoms with Crippen molar-refractivity contribution in [3.8, 4) is 0 Å². The van der Waals surface area contributed by atoms with Gasteiger partial charge >= 0.3 is 0 Å². The number of hydrogen-bond acceptors (Lipinski definition) is 2. The molecule has 0 saturated carbocycles. The standard InChI is InChI=1S/C15H21FN2O/c16-14-7-3-2-6-13(14)12(11-17)10-15(19)18-8-4-1-5-9-18/h2-3,6-7,12H,1,4-5,8-11,17H2. The van der Waals surface area contributed by atoms with Crippen molar-refractivity contribution in [3.63, 3.8) is 0 Å². The zero-order chi connectivity index (χ0) is 13.7. The number of piperidine rings is 1. The molecule has 2 rings (SSSR count). The zero-order valence-electron chi connectivity index (χ0n) is 11.1. The minimum atomic E-state index is -0.274. The lowest BCUT2D eigenvalue weighted by atomic mass is 9.94. The molecule has 1 aliphatic rings. The molecular weight excluding hydrogens is 243 g/mol. The van der Waals surface area contributed by atoms with Gasteiger partial charge in [-0.2, -0.15) is 0 Å². The second-order valence-corrected chi connectivity index (χ2v) is 5.10. The number of nitrogens with two attached hydrogens (primary N) is 1. The van der Waals surface area contributed by atoms with E-state index in [1.165, 1.54) is 12.5 Å². The lowest BCUT2D eigenvalue weighted by molar-refractivity contribution is -0.132. The Bertz CT molecular complexity index is 430. The predicted molar refractivity (Wildman–Crippen MR) is 73.2 cm³/mol. The highest BCUT2D eigenvalue weighted by Gasteiger charge is 2.22. The highest BCUT2D eigenvalue weighted by atomic mass is 19.1. The number of hydrogen-bond donors (Lipinski definition) is 1. The van der Waals surface area contributed by atoms with E-state index in [9.17, 15) is 9.18 Å². The third-order valence-corrected chi connectivity index (χ3v) is 3.76. The molecule has 0 aromatic heterocycles. The van der Waals surface area contributed by atoms with Crippen LogP contribution in [0.25, 0.3) is 0 Å². The highest BCUT2D eigenvalue weighted by molar-refractivity contribution is 5.77. The molecule has 3 nitrogen and oxygen atoms in total. The summed E-state index contributed by atoms with van der Waals surface area (Å²) in [6.45, 7) is 1.95. The Kier molecular flexibility index (Phi) is 4.91. The van der Waals surface area contributed by atoms with Gasteiger partial charge in [-0.25, -0.2) is 4.39 Å². The average Bonchev–Trinajstić information content (AvgIpc) is 2.46. The fourth-order valence-corrected chi connectivity index (χ4v) is 2.61. The van der Waals surface area contributed by atoms with Crippen molar-refractivity contribution in [2.45, 2.75) is 31.6 Å². The molecule has 19 heavy (non-hydrogen) atoms. The number of carbonyl (C=O) groups is 1. The molecule has 1 aromatic rings. The predicted octanol–water partition coefficient (Wildman–Crippen LogP) is 2.27. The monoisotopic (exact) mass is 264 g/mol. The molecule has 0 radical (unpaired) electrons. The molecule has 0 aliphatic carbocycles. The van der Waals surface area contributed by atoms with E-state index >= 15 is 0 Å². The van der Waals surface area contributed by atoms with Crippen LogP contribution in [0.4, 0.5) is 4.39 Å². The van der Waals surface area contributed by atoms with Crippen LogP contribution in [0.5, 0.6) is 0 Å². The molecule has 1 atom stereocenters. The zero-order valence-corrected chi connectivity index (χ0v) is 11.1. The van der Waals surface area contributed by atoms with Gasteiger partial charge in [0.1, 0.15) is 5.82 Å². The van der Waals surface area contributed by atoms with Gasteiger partial charge in [0.2, 0.25) is 5.91 Å². The first-order chi connectivity index (χ1) is 9.22. The summed E-state index contributed by atoms with van der Waals surface area (Å²) in [6.07, 6.45) is 3.63. The van der Waals surface area contributed by atoms with Crippen molar-refractivity contribution in [3.05, 3.63) is 35.6 Å². The Labute approximate surface area is 113 Å². The van der Waals surface area contributed by atoms with E-state index in [1.807, 2.05) is 4.90 Å². The molecule has 1 aliphatic heterocycles. The van der Waals surface area contributed by atoms with Crippen LogP contribution in [0.2, 0.25) is 0 Å². The number of halogens is 1. The number of likely N-dealkylation sites (tertiary alicyclic amines) is 1. The average molecular weight is 264 g/mol. The van der Waals surface area contributed by atoms with Gasteiger partial charge in [-0.05, 0) is 37.4 Å². The Balaban J connectivity index is 2.02. The fraction of sp³-hybridized carbons (Fsp3) is 0.533. The molecule has 1 heterocycles. The number of amides is 1. The summed E-state index contributed by atoms with van der Waals surface area (Å²) in [6, 6.07) is 6.57. The van der Waals surface area contributed by atoms with Crippen LogP contribution in [-0.4, -0.2) is 30.4 Å². The van der Waals surface area contributed by atoms with Gasteiger partial charge in [0.25, 0.3) is 0 Å². The van der Waals surface area contributed by atoms with Crippen molar-refractivity contribution < 1.29 is 9.18 Å². The van der Waals surface area contributed by atoms with Gasteiger partial charge in [0.05, 0.1) is 0 Å². The third kappa shape index (κ3) is 3.53. The number of nitrogens with zero attached hydrogens (tertiary/aromatic N) is 1. The van der Waals surface area contributed by atoms with Gasteiger partial charge in [-0.3, -0.25) is 4.79 Å². The molecule has 0 spiro atoms. The van der Waals surface area contributed by atoms with Gasteiger partial charge < -0.3 is 10.6 Å². The van der Waals surface area contributed by atoms with Crippen LogP contribution < -0.4 is 5.73 Å². The molecule has 104 valence electrons. The molecule has 1 saturated heterocycles. The molecule has 1 unspecified atom stereocenters. The van der Waals surface area contributed by atoms with Crippen LogP contribution in [-0.2, 0) is 4.79 Å². The smallest absolute Gasteiger partial charge is 0.223 e. The summed E-state index contributed by atoms with van der Waals surface area (Å²) in [7, 11) is 0. The van der Waals surface area contributed by atoms with E-state index in [0.29, 0.717) is 18.5 Å². The highest BCUT2D eigenvalue weighted by Crippen LogP contribution is 2.23. The second kappa shape index (κ2) is 6.66. The van der Waals surface area contributed by atoms with Crippen LogP contribution >= 0.6 is 0 Å². The van der Waals surface area contributed by atoms with Crippen molar-refractivity contribution in [1.82, 2.24) is 4.90 Å². The van der Waals surface area contributed by atoms with Crippen molar-refractivity contribution >= 4 is 5.91 Å². The van der Waals surface area contributed by atoms with E-state index in [-0.39, 0.29) is 17.6 Å². The number of carbonyl (C=O) groups excluding carboxylic acids is 1. The normalized spacial score (nSPS) is 17.3. The molecule has 1 fully saturated rings. The minimum absolute atomic E-state index is 0.0957. The lowest BCUT2D eigenvalue weighted by Gasteiger charge is -2.28. The van der Waals surface area contributed by atoms with E-state index in [1.54, 1.807) is 18.2 Å². The van der Waals surface area contributed by atoms with Crippen LogP contribution in [0.3, 0.4) is 0 Å². The second-order valence-electron chi connectivity index (χ2n) is 5.10. The molecule has 0 bridgehead atoms. The van der Waals surface area contributed by atoms with Gasteiger partial charge in [0, 0.05) is 25.4 Å². The van der Waals surface area contributed by atoms with Crippen LogP contribution in [0.15, 0.2) is 24.3 Å². The third-order valence-electron chi connectivity index (χ3n) is 3.76. The van der Waals surface area contributed by atoms with E-state index < -0.39 is 0 Å². The molecule has 2 N–H and O–H groups in total. The van der Waals surface area contributed by atoms with Crippen molar-refractivity contribution in [2.24, 2.45) is 5.73 Å². The minimum Gasteiger partial charge on any atom is -0.343 e. The van der Waals surface area contributed by atoms with Gasteiger partial charge in [-0.1, -0.05) is 18.2 Å². The number of rotatable bonds is 4. The maximum atomic E-state index is 13.7. The largest absolute Gasteiger partial charge is 0.343 e. The van der Waals surface area contributed by atoms with Crippen LogP contribution in [0, 0.1) is 5.82 Å². The van der Waals surface area contributed by atoms with Crippen LogP contribution in [0.1, 0.15) is 37.2 Å². The Morgan fingerprint density at radius 2 is 1.95 bits per heavy atom. The van der Waals surface area contributed by atoms with E-state index in [2.05, 4.69) is 0 Å². The first-order valence-electron chi connectivity index (χ1n) is 6.94. The first-order valence-corrected chi connectivity index (χ1v) is 6.94. The Hall–Kier alpha value is -1.42. The van der Waals surface area contributed by atoms with Crippen molar-refractivity contribution in [2.75, 3.05) is 19.6 Å². The Morgan fingerprint density at radius 1 is 1.26 bits per heavy atom. The quantitative estimate of drug-likeness (QED) is 0.906. The topological polar surface area (TPSA) is 46.3 Å². The summed E-state index contributed by atoms with van der Waals surface area (Å²) in [4.78, 5) is 14.1. The number of benzene rings is 1. The molecular formula is C15H21FN2O. The van der Waals surface area contributed by atoms with Gasteiger partial charge in [0.15, 0.2) is 0 Å². The lowest BCUT2D eigenvalue weighted by Crippen LogP contribution is -2.37. The molecule has 1 aromatic carbocycles.